The van der Waals surface area contributed by atoms with Gasteiger partial charge in [-0.25, -0.2) is 4.79 Å². The molecule has 10 nitrogen and oxygen atoms in total. The molecule has 2 aromatic carbocycles. The monoisotopic (exact) mass is 490 g/mol. The van der Waals surface area contributed by atoms with E-state index in [1.165, 1.54) is 0 Å². The van der Waals surface area contributed by atoms with Crippen LogP contribution < -0.4 is 9.47 Å². The van der Waals surface area contributed by atoms with Crippen molar-refractivity contribution >= 4 is 6.16 Å². The van der Waals surface area contributed by atoms with E-state index in [9.17, 15) is 20.1 Å². The van der Waals surface area contributed by atoms with Crippen molar-refractivity contribution in [3.8, 4) is 11.5 Å². The van der Waals surface area contributed by atoms with Gasteiger partial charge in [0.05, 0.1) is 20.3 Å². The first-order valence-corrected chi connectivity index (χ1v) is 11.4. The van der Waals surface area contributed by atoms with Crippen LogP contribution in [0.3, 0.4) is 0 Å². The summed E-state index contributed by atoms with van der Waals surface area (Å²) in [4.78, 5) is 11.3. The second-order valence-corrected chi connectivity index (χ2v) is 8.43. The Kier molecular flexibility index (Phi) is 8.42. The van der Waals surface area contributed by atoms with Crippen molar-refractivity contribution in [3.05, 3.63) is 59.7 Å². The lowest BCUT2D eigenvalue weighted by atomic mass is 9.99. The second kappa shape index (κ2) is 11.7. The summed E-state index contributed by atoms with van der Waals surface area (Å²) in [6.45, 7) is 0.928. The number of carbonyl (C=O) groups excluding carboxylic acids is 1. The third kappa shape index (κ3) is 6.41. The van der Waals surface area contributed by atoms with Crippen molar-refractivity contribution < 1.29 is 48.5 Å². The zero-order valence-corrected chi connectivity index (χ0v) is 19.3. The smallest absolute Gasteiger partial charge is 0.488 e. The van der Waals surface area contributed by atoms with Gasteiger partial charge in [-0.15, -0.1) is 0 Å². The highest BCUT2D eigenvalue weighted by atomic mass is 16.7. The Morgan fingerprint density at radius 1 is 1.00 bits per heavy atom. The maximum absolute atomic E-state index is 11.3. The molecule has 0 aromatic heterocycles. The predicted molar refractivity (Wildman–Crippen MR) is 121 cm³/mol. The molecule has 0 amide bonds. The lowest BCUT2D eigenvalue weighted by Crippen LogP contribution is -2.60. The highest BCUT2D eigenvalue weighted by molar-refractivity contribution is 5.59. The van der Waals surface area contributed by atoms with E-state index in [1.807, 2.05) is 36.4 Å². The van der Waals surface area contributed by atoms with Gasteiger partial charge in [-0.2, -0.15) is 0 Å². The van der Waals surface area contributed by atoms with Crippen molar-refractivity contribution in [3.63, 3.8) is 0 Å². The van der Waals surface area contributed by atoms with E-state index in [2.05, 4.69) is 4.74 Å². The van der Waals surface area contributed by atoms with Gasteiger partial charge in [0.2, 0.25) is 6.29 Å². The number of aliphatic hydroxyl groups excluding tert-OH is 3. The molecule has 0 spiro atoms. The number of carbonyl (C=O) groups is 1. The highest BCUT2D eigenvalue weighted by Crippen LogP contribution is 2.29. The number of ether oxygens (including phenoxy) is 6. The van der Waals surface area contributed by atoms with Crippen molar-refractivity contribution in [1.29, 1.82) is 0 Å². The minimum Gasteiger partial charge on any atom is -0.488 e. The van der Waals surface area contributed by atoms with Crippen molar-refractivity contribution in [2.75, 3.05) is 26.9 Å². The Hall–Kier alpha value is -2.89. The molecule has 0 aliphatic carbocycles. The number of aliphatic hydroxyl groups is 3. The SMILES string of the molecule is COC(=O)OC[C@H]1O[C@@H](Oc2ccccc2Cc2ccc(O[C@H]3CCOC3)cc2)[C@H](O)C(O)[C@@H]1O. The Labute approximate surface area is 202 Å². The van der Waals surface area contributed by atoms with Gasteiger partial charge in [0.15, 0.2) is 0 Å². The highest BCUT2D eigenvalue weighted by Gasteiger charge is 2.45. The Bertz CT molecular complexity index is 959. The quantitative estimate of drug-likeness (QED) is 0.467. The van der Waals surface area contributed by atoms with Gasteiger partial charge in [-0.3, -0.25) is 0 Å². The molecular formula is C25H30O10. The van der Waals surface area contributed by atoms with Crippen LogP contribution in [0.15, 0.2) is 48.5 Å². The van der Waals surface area contributed by atoms with Crippen LogP contribution in [0, 0.1) is 0 Å². The van der Waals surface area contributed by atoms with E-state index < -0.39 is 36.9 Å². The van der Waals surface area contributed by atoms with E-state index in [0.29, 0.717) is 25.4 Å². The van der Waals surface area contributed by atoms with E-state index in [4.69, 9.17) is 23.7 Å². The van der Waals surface area contributed by atoms with Crippen LogP contribution in [0.1, 0.15) is 17.5 Å². The predicted octanol–water partition coefficient (Wildman–Crippen LogP) is 1.41. The fourth-order valence-electron chi connectivity index (χ4n) is 3.95. The summed E-state index contributed by atoms with van der Waals surface area (Å²) in [6, 6.07) is 15.0. The topological polar surface area (TPSA) is 133 Å². The van der Waals surface area contributed by atoms with Crippen LogP contribution >= 0.6 is 0 Å². The van der Waals surface area contributed by atoms with Crippen LogP contribution in [-0.2, 0) is 25.4 Å². The molecule has 4 rings (SSSR count). The normalized spacial score (nSPS) is 28.3. The number of benzene rings is 2. The van der Waals surface area contributed by atoms with Gasteiger partial charge in [-0.05, 0) is 29.3 Å². The van der Waals surface area contributed by atoms with E-state index in [-0.39, 0.29) is 12.7 Å². The molecule has 2 saturated heterocycles. The first-order valence-electron chi connectivity index (χ1n) is 11.4. The van der Waals surface area contributed by atoms with Crippen molar-refractivity contribution in [2.45, 2.75) is 49.7 Å². The summed E-state index contributed by atoms with van der Waals surface area (Å²) in [5.41, 5.74) is 1.84. The number of hydrogen-bond donors (Lipinski definition) is 3. The fourth-order valence-corrected chi connectivity index (χ4v) is 3.95. The first-order chi connectivity index (χ1) is 16.9. The first kappa shape index (κ1) is 25.2. The van der Waals surface area contributed by atoms with Gasteiger partial charge in [0.1, 0.15) is 48.6 Å². The molecule has 2 fully saturated rings. The zero-order chi connectivity index (χ0) is 24.8. The molecular weight excluding hydrogens is 460 g/mol. The summed E-state index contributed by atoms with van der Waals surface area (Å²) in [7, 11) is 1.15. The van der Waals surface area contributed by atoms with Gasteiger partial charge in [-0.1, -0.05) is 30.3 Å². The molecule has 1 unspecified atom stereocenters. The van der Waals surface area contributed by atoms with Crippen LogP contribution in [0.5, 0.6) is 11.5 Å². The lowest BCUT2D eigenvalue weighted by molar-refractivity contribution is -0.277. The van der Waals surface area contributed by atoms with Gasteiger partial charge in [0, 0.05) is 12.8 Å². The average Bonchev–Trinajstić information content (AvgIpc) is 3.38. The minimum absolute atomic E-state index is 0.0765. The Balaban J connectivity index is 1.42. The average molecular weight is 491 g/mol. The van der Waals surface area contributed by atoms with E-state index in [0.717, 1.165) is 30.4 Å². The lowest BCUT2D eigenvalue weighted by Gasteiger charge is -2.40. The van der Waals surface area contributed by atoms with Gasteiger partial charge < -0.3 is 43.7 Å². The summed E-state index contributed by atoms with van der Waals surface area (Å²) in [5, 5.41) is 30.9. The third-order valence-electron chi connectivity index (χ3n) is 5.92. The van der Waals surface area contributed by atoms with Gasteiger partial charge in [0.25, 0.3) is 0 Å². The Morgan fingerprint density at radius 3 is 2.49 bits per heavy atom. The van der Waals surface area contributed by atoms with Crippen LogP contribution in [-0.4, -0.2) is 85.2 Å². The molecule has 0 bridgehead atoms. The summed E-state index contributed by atoms with van der Waals surface area (Å²) in [5.74, 6) is 1.22. The summed E-state index contributed by atoms with van der Waals surface area (Å²) in [6.07, 6.45) is -6.47. The molecule has 190 valence electrons. The van der Waals surface area contributed by atoms with Crippen LogP contribution in [0.25, 0.3) is 0 Å². The van der Waals surface area contributed by atoms with E-state index >= 15 is 0 Å². The fraction of sp³-hybridized carbons (Fsp3) is 0.480. The summed E-state index contributed by atoms with van der Waals surface area (Å²) >= 11 is 0. The largest absolute Gasteiger partial charge is 0.508 e. The Morgan fingerprint density at radius 2 is 1.77 bits per heavy atom. The molecule has 2 aliphatic rings. The molecule has 35 heavy (non-hydrogen) atoms. The molecule has 0 saturated carbocycles. The number of rotatable bonds is 8. The van der Waals surface area contributed by atoms with Crippen LogP contribution in [0.2, 0.25) is 0 Å². The molecule has 3 N–H and O–H groups in total. The van der Waals surface area contributed by atoms with Crippen molar-refractivity contribution in [1.82, 2.24) is 0 Å². The maximum Gasteiger partial charge on any atom is 0.508 e. The van der Waals surface area contributed by atoms with E-state index in [1.54, 1.807) is 12.1 Å². The molecule has 2 aromatic rings. The van der Waals surface area contributed by atoms with Gasteiger partial charge >= 0.3 is 6.16 Å². The summed E-state index contributed by atoms with van der Waals surface area (Å²) < 4.78 is 32.0. The zero-order valence-electron chi connectivity index (χ0n) is 19.3. The number of para-hydroxylation sites is 1. The molecule has 0 radical (unpaired) electrons. The third-order valence-corrected chi connectivity index (χ3v) is 5.92. The second-order valence-electron chi connectivity index (χ2n) is 8.43. The molecule has 2 aliphatic heterocycles. The molecule has 10 heteroatoms. The van der Waals surface area contributed by atoms with Crippen LogP contribution in [0.4, 0.5) is 4.79 Å². The standard InChI is InChI=1S/C25H30O10/c1-30-25(29)32-14-20-21(26)22(27)23(28)24(35-20)34-19-5-3-2-4-16(19)12-15-6-8-17(9-7-15)33-18-10-11-31-13-18/h2-9,18,20-24,26-28H,10-14H2,1H3/t18-,20+,21+,22?,23+,24+/m0/s1. The number of hydrogen-bond acceptors (Lipinski definition) is 10. The molecule has 2 heterocycles. The van der Waals surface area contributed by atoms with Crippen molar-refractivity contribution in [2.24, 2.45) is 0 Å². The maximum atomic E-state index is 11.3. The minimum atomic E-state index is -1.56. The molecule has 6 atom stereocenters. The number of methoxy groups -OCH3 is 1.